The molecular weight excluding hydrogens is 651 g/mol. The lowest BCUT2D eigenvalue weighted by atomic mass is 9.84. The van der Waals surface area contributed by atoms with Gasteiger partial charge in [-0.25, -0.2) is 0 Å². The molecule has 0 spiro atoms. The first kappa shape index (κ1) is 36.7. The molecule has 6 aromatic carbocycles. The van der Waals surface area contributed by atoms with E-state index in [0.29, 0.717) is 13.1 Å². The smallest absolute Gasteiger partial charge is 0.233 e. The van der Waals surface area contributed by atoms with Crippen LogP contribution in [0.3, 0.4) is 0 Å². The van der Waals surface area contributed by atoms with Crippen LogP contribution in [0.25, 0.3) is 0 Å². The van der Waals surface area contributed by atoms with Crippen LogP contribution < -0.4 is 16.8 Å². The lowest BCUT2D eigenvalue weighted by Crippen LogP contribution is -2.37. The van der Waals surface area contributed by atoms with Crippen LogP contribution in [0.4, 0.5) is 0 Å². The summed E-state index contributed by atoms with van der Waals surface area (Å²) >= 11 is 3.76. The second-order valence-corrected chi connectivity index (χ2v) is 14.4. The van der Waals surface area contributed by atoms with Gasteiger partial charge in [-0.3, -0.25) is 4.79 Å². The van der Waals surface area contributed by atoms with Gasteiger partial charge < -0.3 is 16.8 Å². The quantitative estimate of drug-likeness (QED) is 0.0695. The van der Waals surface area contributed by atoms with E-state index in [9.17, 15) is 4.79 Å². The number of hydrogen-bond acceptors (Lipinski definition) is 5. The van der Waals surface area contributed by atoms with Gasteiger partial charge in [-0.15, -0.1) is 23.5 Å². The number of nitrogens with one attached hydrogen (secondary N) is 2. The molecule has 0 fully saturated rings. The molecule has 0 bridgehead atoms. The zero-order chi connectivity index (χ0) is 33.6. The van der Waals surface area contributed by atoms with E-state index in [1.807, 2.05) is 23.5 Å². The zero-order valence-electron chi connectivity index (χ0n) is 28.3. The molecule has 254 valence electrons. The first-order valence-corrected chi connectivity index (χ1v) is 18.8. The lowest BCUT2D eigenvalue weighted by molar-refractivity contribution is -0.120. The molecule has 0 radical (unpaired) electrons. The molecule has 0 unspecified atom stereocenters. The van der Waals surface area contributed by atoms with Crippen molar-refractivity contribution in [1.82, 2.24) is 16.8 Å². The van der Waals surface area contributed by atoms with Crippen molar-refractivity contribution in [1.29, 1.82) is 0 Å². The normalized spacial score (nSPS) is 11.4. The largest absolute Gasteiger partial charge is 0.354 e. The van der Waals surface area contributed by atoms with Gasteiger partial charge in [-0.1, -0.05) is 182 Å². The number of hydrogen-bond donors (Lipinski definition) is 3. The third-order valence-corrected chi connectivity index (χ3v) is 11.8. The van der Waals surface area contributed by atoms with Crippen molar-refractivity contribution in [2.45, 2.75) is 9.49 Å². The van der Waals surface area contributed by atoms with Crippen molar-refractivity contribution in [3.05, 3.63) is 215 Å². The fraction of sp³-hybridized carbons (Fsp3) is 0.159. The van der Waals surface area contributed by atoms with Crippen molar-refractivity contribution >= 4 is 29.4 Å². The number of carbonyl (C=O) groups is 1. The summed E-state index contributed by atoms with van der Waals surface area (Å²) in [5.74, 6) is 1.60. The van der Waals surface area contributed by atoms with Crippen LogP contribution in [0, 0.1) is 0 Å². The SMILES string of the molecule is N.O=C(CNCCSC(c1ccccc1)(c1ccccc1)c1ccccc1)NCCSC(c1ccccc1)(c1ccccc1)c1ccccc1. The van der Waals surface area contributed by atoms with E-state index in [2.05, 4.69) is 193 Å². The van der Waals surface area contributed by atoms with Crippen molar-refractivity contribution < 1.29 is 4.79 Å². The van der Waals surface area contributed by atoms with Gasteiger partial charge in [0.05, 0.1) is 16.0 Å². The van der Waals surface area contributed by atoms with Crippen LogP contribution >= 0.6 is 23.5 Å². The Bertz CT molecular complexity index is 1650. The van der Waals surface area contributed by atoms with Gasteiger partial charge in [-0.2, -0.15) is 0 Å². The molecule has 0 saturated carbocycles. The summed E-state index contributed by atoms with van der Waals surface area (Å²) in [4.78, 5) is 13.0. The van der Waals surface area contributed by atoms with Gasteiger partial charge in [0.2, 0.25) is 5.91 Å². The average molecular weight is 696 g/mol. The molecule has 6 heteroatoms. The highest BCUT2D eigenvalue weighted by atomic mass is 32.2. The second-order valence-electron chi connectivity index (χ2n) is 11.8. The van der Waals surface area contributed by atoms with Crippen molar-refractivity contribution in [2.75, 3.05) is 31.1 Å². The van der Waals surface area contributed by atoms with E-state index >= 15 is 0 Å². The fourth-order valence-electron chi connectivity index (χ4n) is 6.47. The third kappa shape index (κ3) is 8.40. The van der Waals surface area contributed by atoms with Gasteiger partial charge in [0.25, 0.3) is 0 Å². The molecule has 6 rings (SSSR count). The highest BCUT2D eigenvalue weighted by Crippen LogP contribution is 2.49. The van der Waals surface area contributed by atoms with E-state index in [0.717, 1.165) is 11.5 Å². The van der Waals surface area contributed by atoms with Crippen molar-refractivity contribution in [2.24, 2.45) is 0 Å². The maximum Gasteiger partial charge on any atom is 0.233 e. The Morgan fingerprint density at radius 2 is 0.680 bits per heavy atom. The molecule has 50 heavy (non-hydrogen) atoms. The first-order valence-electron chi connectivity index (χ1n) is 16.8. The van der Waals surface area contributed by atoms with Gasteiger partial charge >= 0.3 is 0 Å². The first-order chi connectivity index (χ1) is 24.2. The maximum absolute atomic E-state index is 13.0. The molecule has 4 nitrogen and oxygen atoms in total. The van der Waals surface area contributed by atoms with Crippen molar-refractivity contribution in [3.63, 3.8) is 0 Å². The second kappa shape index (κ2) is 18.4. The summed E-state index contributed by atoms with van der Waals surface area (Å²) in [7, 11) is 0. The minimum absolute atomic E-state index is 0. The van der Waals surface area contributed by atoms with E-state index < -0.39 is 4.75 Å². The predicted octanol–water partition coefficient (Wildman–Crippen LogP) is 9.30. The molecule has 5 N–H and O–H groups in total. The Labute approximate surface area is 305 Å². The topological polar surface area (TPSA) is 76.1 Å². The summed E-state index contributed by atoms with van der Waals surface area (Å²) in [6.07, 6.45) is 0. The van der Waals surface area contributed by atoms with Crippen LogP contribution in [0.15, 0.2) is 182 Å². The number of carbonyl (C=O) groups excluding carboxylic acids is 1. The van der Waals surface area contributed by atoms with Crippen LogP contribution in [-0.4, -0.2) is 37.0 Å². The summed E-state index contributed by atoms with van der Waals surface area (Å²) in [5, 5.41) is 6.57. The summed E-state index contributed by atoms with van der Waals surface area (Å²) in [6, 6.07) is 64.2. The number of thioether (sulfide) groups is 2. The van der Waals surface area contributed by atoms with Gasteiger partial charge in [0, 0.05) is 24.6 Å². The van der Waals surface area contributed by atoms with Crippen molar-refractivity contribution in [3.8, 4) is 0 Å². The molecule has 0 aliphatic heterocycles. The summed E-state index contributed by atoms with van der Waals surface area (Å²) in [5.41, 5.74) is 7.39. The lowest BCUT2D eigenvalue weighted by Gasteiger charge is -2.35. The Hall–Kier alpha value is -4.59. The van der Waals surface area contributed by atoms with Crippen LogP contribution in [0.5, 0.6) is 0 Å². The molecule has 0 aliphatic carbocycles. The number of benzene rings is 6. The van der Waals surface area contributed by atoms with E-state index in [4.69, 9.17) is 0 Å². The van der Waals surface area contributed by atoms with Crippen LogP contribution in [0.2, 0.25) is 0 Å². The molecule has 0 saturated heterocycles. The highest BCUT2D eigenvalue weighted by molar-refractivity contribution is 8.00. The van der Waals surface area contributed by atoms with Crippen LogP contribution in [0.1, 0.15) is 33.4 Å². The molecule has 0 aromatic heterocycles. The number of rotatable bonds is 16. The Kier molecular flexibility index (Phi) is 13.5. The Morgan fingerprint density at radius 1 is 0.420 bits per heavy atom. The Balaban J connectivity index is 0.00000486. The van der Waals surface area contributed by atoms with Gasteiger partial charge in [-0.05, 0) is 33.4 Å². The molecule has 6 aromatic rings. The zero-order valence-corrected chi connectivity index (χ0v) is 29.9. The van der Waals surface area contributed by atoms with E-state index in [1.54, 1.807) is 0 Å². The monoisotopic (exact) mass is 695 g/mol. The predicted molar refractivity (Wildman–Crippen MR) is 214 cm³/mol. The summed E-state index contributed by atoms with van der Waals surface area (Å²) in [6.45, 7) is 1.56. The van der Waals surface area contributed by atoms with E-state index in [-0.39, 0.29) is 23.3 Å². The third-order valence-electron chi connectivity index (χ3n) is 8.71. The standard InChI is InChI=1S/C44H42N2OS2.H3N/c47-42(46-32-34-49-44(39-25-13-4-14-26-39,40-27-15-5-16-28-40)41-29-17-6-18-30-41)35-45-31-33-48-43(36-19-7-1-8-20-36,37-21-9-2-10-22-37)38-23-11-3-12-24-38;/h1-30,45H,31-35H2,(H,46,47);1H3. The number of amides is 1. The highest BCUT2D eigenvalue weighted by Gasteiger charge is 2.37. The maximum atomic E-state index is 13.0. The summed E-state index contributed by atoms with van der Waals surface area (Å²) < 4.78 is -0.763. The van der Waals surface area contributed by atoms with Crippen LogP contribution in [-0.2, 0) is 14.3 Å². The minimum Gasteiger partial charge on any atom is -0.354 e. The molecule has 1 amide bonds. The molecule has 0 atom stereocenters. The van der Waals surface area contributed by atoms with E-state index in [1.165, 1.54) is 33.4 Å². The average Bonchev–Trinajstić information content (AvgIpc) is 3.18. The fourth-order valence-corrected chi connectivity index (χ4v) is 9.35. The Morgan fingerprint density at radius 3 is 0.960 bits per heavy atom. The molecule has 0 heterocycles. The minimum atomic E-state index is -0.396. The van der Waals surface area contributed by atoms with Gasteiger partial charge in [0.15, 0.2) is 0 Å². The van der Waals surface area contributed by atoms with Gasteiger partial charge in [0.1, 0.15) is 0 Å². The molecule has 0 aliphatic rings. The molecular formula is C44H45N3OS2.